The predicted molar refractivity (Wildman–Crippen MR) is 114 cm³/mol. The number of fused-ring (bicyclic) bond motifs is 1. The number of aromatic nitrogens is 2. The Hall–Kier alpha value is -2.71. The van der Waals surface area contributed by atoms with Crippen molar-refractivity contribution in [2.75, 3.05) is 19.6 Å². The van der Waals surface area contributed by atoms with Crippen LogP contribution in [0.4, 0.5) is 4.79 Å². The highest BCUT2D eigenvalue weighted by Gasteiger charge is 2.30. The Morgan fingerprint density at radius 1 is 1.21 bits per heavy atom. The maximum Gasteiger partial charge on any atom is 0.315 e. The van der Waals surface area contributed by atoms with E-state index in [1.807, 2.05) is 31.2 Å². The van der Waals surface area contributed by atoms with E-state index >= 15 is 0 Å². The van der Waals surface area contributed by atoms with Crippen LogP contribution in [0, 0.1) is 0 Å². The molecule has 3 aromatic rings. The van der Waals surface area contributed by atoms with E-state index in [2.05, 4.69) is 33.9 Å². The summed E-state index contributed by atoms with van der Waals surface area (Å²) in [6.07, 6.45) is 2.70. The summed E-state index contributed by atoms with van der Waals surface area (Å²) in [5, 5.41) is 0.599. The first-order valence-corrected chi connectivity index (χ1v) is 10.6. The molecule has 1 saturated heterocycles. The topological polar surface area (TPSA) is 84.6 Å². The zero-order valence-corrected chi connectivity index (χ0v) is 17.4. The first kappa shape index (κ1) is 19.6. The third-order valence-electron chi connectivity index (χ3n) is 5.36. The molecule has 2 amide bonds. The van der Waals surface area contributed by atoms with Crippen LogP contribution in [-0.2, 0) is 6.42 Å². The molecule has 0 aliphatic carbocycles. The third-order valence-corrected chi connectivity index (χ3v) is 6.22. The average Bonchev–Trinajstić information content (AvgIpc) is 3.11. The van der Waals surface area contributed by atoms with E-state index in [-0.39, 0.29) is 12.1 Å². The number of urea groups is 1. The van der Waals surface area contributed by atoms with Crippen LogP contribution in [0.25, 0.3) is 10.3 Å². The van der Waals surface area contributed by atoms with E-state index in [1.54, 1.807) is 11.1 Å². The average molecular weight is 412 g/mol. The van der Waals surface area contributed by atoms with Gasteiger partial charge in [0, 0.05) is 37.9 Å². The van der Waals surface area contributed by atoms with Gasteiger partial charge in [0.1, 0.15) is 16.1 Å². The molecule has 4 rings (SSSR count). The van der Waals surface area contributed by atoms with E-state index in [4.69, 9.17) is 10.5 Å². The van der Waals surface area contributed by atoms with Gasteiger partial charge in [-0.3, -0.25) is 4.90 Å². The molecule has 7 nitrogen and oxygen atoms in total. The summed E-state index contributed by atoms with van der Waals surface area (Å²) in [6, 6.07) is 12.1. The third kappa shape index (κ3) is 4.49. The second kappa shape index (κ2) is 8.34. The normalized spacial score (nSPS) is 20.1. The number of hydrogen-bond acceptors (Lipinski definition) is 6. The van der Waals surface area contributed by atoms with Crippen molar-refractivity contribution in [1.82, 2.24) is 19.8 Å². The van der Waals surface area contributed by atoms with Crippen molar-refractivity contribution >= 4 is 27.7 Å². The Labute approximate surface area is 174 Å². The highest BCUT2D eigenvalue weighted by molar-refractivity contribution is 7.19. The lowest BCUT2D eigenvalue weighted by atomic mass is 10.1. The lowest BCUT2D eigenvalue weighted by Crippen LogP contribution is -2.59. The lowest BCUT2D eigenvalue weighted by Gasteiger charge is -2.43. The second-order valence-corrected chi connectivity index (χ2v) is 8.43. The van der Waals surface area contributed by atoms with Gasteiger partial charge in [-0.05, 0) is 50.1 Å². The molecule has 1 fully saturated rings. The van der Waals surface area contributed by atoms with Crippen LogP contribution in [0.2, 0.25) is 0 Å². The maximum absolute atomic E-state index is 11.5. The van der Waals surface area contributed by atoms with Crippen LogP contribution in [0.15, 0.2) is 42.6 Å². The first-order valence-electron chi connectivity index (χ1n) is 9.78. The summed E-state index contributed by atoms with van der Waals surface area (Å²) in [7, 11) is 0. The number of amides is 2. The molecule has 2 atom stereocenters. The van der Waals surface area contributed by atoms with Gasteiger partial charge < -0.3 is 15.4 Å². The van der Waals surface area contributed by atoms with Gasteiger partial charge in [-0.25, -0.2) is 14.8 Å². The Bertz CT molecular complexity index is 957. The number of nitrogens with two attached hydrogens (primary N) is 1. The smallest absolute Gasteiger partial charge is 0.315 e. The number of carbonyl (C=O) groups is 1. The van der Waals surface area contributed by atoms with Gasteiger partial charge in [0.2, 0.25) is 0 Å². The highest BCUT2D eigenvalue weighted by atomic mass is 32.1. The minimum atomic E-state index is -0.330. The molecule has 8 heteroatoms. The van der Waals surface area contributed by atoms with E-state index in [1.165, 1.54) is 16.9 Å². The van der Waals surface area contributed by atoms with Gasteiger partial charge in [0.25, 0.3) is 5.19 Å². The number of rotatable bonds is 5. The molecule has 1 aromatic carbocycles. The molecule has 0 bridgehead atoms. The molecule has 0 saturated carbocycles. The Balaban J connectivity index is 1.33. The van der Waals surface area contributed by atoms with E-state index in [0.29, 0.717) is 17.8 Å². The van der Waals surface area contributed by atoms with Gasteiger partial charge in [-0.2, -0.15) is 0 Å². The highest BCUT2D eigenvalue weighted by Crippen LogP contribution is 2.30. The quantitative estimate of drug-likeness (QED) is 0.695. The Morgan fingerprint density at radius 3 is 2.72 bits per heavy atom. The monoisotopic (exact) mass is 411 g/mol. The second-order valence-electron chi connectivity index (χ2n) is 7.49. The van der Waals surface area contributed by atoms with Crippen LogP contribution < -0.4 is 10.5 Å². The summed E-state index contributed by atoms with van der Waals surface area (Å²) in [6.45, 7) is 6.66. The number of pyridine rings is 1. The fourth-order valence-corrected chi connectivity index (χ4v) is 4.49. The number of piperazine rings is 1. The van der Waals surface area contributed by atoms with Gasteiger partial charge in [0.05, 0.1) is 0 Å². The summed E-state index contributed by atoms with van der Waals surface area (Å²) in [5.41, 5.74) is 7.57. The van der Waals surface area contributed by atoms with Gasteiger partial charge in [-0.1, -0.05) is 23.5 Å². The molecule has 0 unspecified atom stereocenters. The SMILES string of the molecule is C[C@H]1CN(C(N)=O)[C@@H](C)CN1CCc1ccc(Oc2nc3cccnc3s2)cc1. The number of ether oxygens (including phenoxy) is 1. The number of primary amides is 1. The molecule has 1 aliphatic heterocycles. The minimum absolute atomic E-state index is 0.141. The summed E-state index contributed by atoms with van der Waals surface area (Å²) < 4.78 is 5.89. The van der Waals surface area contributed by atoms with Crippen LogP contribution >= 0.6 is 11.3 Å². The van der Waals surface area contributed by atoms with E-state index in [9.17, 15) is 4.79 Å². The molecular formula is C21H25N5O2S. The Morgan fingerprint density at radius 2 is 2.00 bits per heavy atom. The molecular weight excluding hydrogens is 386 g/mol. The number of nitrogens with zero attached hydrogens (tertiary/aromatic N) is 4. The molecule has 2 aromatic heterocycles. The molecule has 2 N–H and O–H groups in total. The maximum atomic E-state index is 11.5. The van der Waals surface area contributed by atoms with E-state index < -0.39 is 0 Å². The van der Waals surface area contributed by atoms with Crippen molar-refractivity contribution in [3.63, 3.8) is 0 Å². The molecule has 152 valence electrons. The molecule has 3 heterocycles. The molecule has 0 spiro atoms. The van der Waals surface area contributed by atoms with Crippen molar-refractivity contribution in [1.29, 1.82) is 0 Å². The van der Waals surface area contributed by atoms with Crippen molar-refractivity contribution in [2.45, 2.75) is 32.4 Å². The predicted octanol–water partition coefficient (Wildman–Crippen LogP) is 3.50. The molecule has 29 heavy (non-hydrogen) atoms. The lowest BCUT2D eigenvalue weighted by molar-refractivity contribution is 0.0673. The first-order chi connectivity index (χ1) is 14.0. The van der Waals surface area contributed by atoms with E-state index in [0.717, 1.165) is 35.6 Å². The molecule has 1 aliphatic rings. The van der Waals surface area contributed by atoms with Crippen LogP contribution in [-0.4, -0.2) is 57.5 Å². The summed E-state index contributed by atoms with van der Waals surface area (Å²) in [5.74, 6) is 0.768. The van der Waals surface area contributed by atoms with Crippen LogP contribution in [0.5, 0.6) is 10.9 Å². The number of carbonyl (C=O) groups excluding carboxylic acids is 1. The Kier molecular flexibility index (Phi) is 5.64. The van der Waals surface area contributed by atoms with Crippen molar-refractivity contribution in [3.05, 3.63) is 48.2 Å². The fourth-order valence-electron chi connectivity index (χ4n) is 3.71. The number of benzene rings is 1. The standard InChI is InChI=1S/C21H25N5O2S/c1-14-13-26(20(22)27)15(2)12-25(14)11-9-16-5-7-17(8-6-16)28-21-24-18-4-3-10-23-19(18)29-21/h3-8,10,14-15H,9,11-13H2,1-2H3,(H2,22,27)/t14-,15-/m0/s1. The van der Waals surface area contributed by atoms with Gasteiger partial charge >= 0.3 is 6.03 Å². The van der Waals surface area contributed by atoms with Crippen molar-refractivity contribution < 1.29 is 9.53 Å². The fraction of sp³-hybridized carbons (Fsp3) is 0.381. The van der Waals surface area contributed by atoms with Crippen LogP contribution in [0.1, 0.15) is 19.4 Å². The van der Waals surface area contributed by atoms with Gasteiger partial charge in [0.15, 0.2) is 0 Å². The summed E-state index contributed by atoms with van der Waals surface area (Å²) >= 11 is 1.44. The number of thiazole rings is 1. The minimum Gasteiger partial charge on any atom is -0.431 e. The van der Waals surface area contributed by atoms with Crippen LogP contribution in [0.3, 0.4) is 0 Å². The van der Waals surface area contributed by atoms with Gasteiger partial charge in [-0.15, -0.1) is 0 Å². The number of hydrogen-bond donors (Lipinski definition) is 1. The molecule has 0 radical (unpaired) electrons. The van der Waals surface area contributed by atoms with Crippen molar-refractivity contribution in [3.8, 4) is 10.9 Å². The zero-order chi connectivity index (χ0) is 20.4. The zero-order valence-electron chi connectivity index (χ0n) is 16.6. The largest absolute Gasteiger partial charge is 0.431 e. The summed E-state index contributed by atoms with van der Waals surface area (Å²) in [4.78, 5) is 25.3. The van der Waals surface area contributed by atoms with Crippen molar-refractivity contribution in [2.24, 2.45) is 5.73 Å².